The number of H-pyrrole nitrogens is 1. The summed E-state index contributed by atoms with van der Waals surface area (Å²) in [4.78, 5) is 27.0. The average Bonchev–Trinajstić information content (AvgIpc) is 3.67. The van der Waals surface area contributed by atoms with Crippen molar-refractivity contribution in [3.05, 3.63) is 54.2 Å². The summed E-state index contributed by atoms with van der Waals surface area (Å²) in [7, 11) is 0. The summed E-state index contributed by atoms with van der Waals surface area (Å²) in [6.45, 7) is 14.9. The third kappa shape index (κ3) is 6.38. The lowest BCUT2D eigenvalue weighted by Crippen LogP contribution is -2.34. The predicted octanol–water partition coefficient (Wildman–Crippen LogP) is 7.20. The second-order valence-corrected chi connectivity index (χ2v) is 12.1. The number of para-hydroxylation sites is 1. The summed E-state index contributed by atoms with van der Waals surface area (Å²) in [5.41, 5.74) is 5.00. The summed E-state index contributed by atoms with van der Waals surface area (Å²) in [5, 5.41) is 1.18. The number of carbonyl (C=O) groups excluding carboxylic acids is 1. The van der Waals surface area contributed by atoms with Gasteiger partial charge in [-0.25, -0.2) is 4.98 Å². The zero-order valence-electron chi connectivity index (χ0n) is 24.2. The normalized spacial score (nSPS) is 14.4. The Bertz CT molecular complexity index is 1380. The standard InChI is InChI=1S/C33H45N5O/c1-24(2)14-20-37(21-15-25(3)4)33(39)26-12-13-30-31(22-26)38(19-9-18-36-16-7-8-17-36)32(35-30)28-23-34-29-11-6-5-10-27(28)29/h5-6,10-13,22-25,34H,7-9,14-21H2,1-4H3. The smallest absolute Gasteiger partial charge is 0.253 e. The van der Waals surface area contributed by atoms with Gasteiger partial charge in [-0.05, 0) is 87.8 Å². The fourth-order valence-corrected chi connectivity index (χ4v) is 5.73. The number of aromatic amines is 1. The molecular formula is C33H45N5O. The first-order valence-electron chi connectivity index (χ1n) is 15.0. The lowest BCUT2D eigenvalue weighted by atomic mass is 10.1. The van der Waals surface area contributed by atoms with E-state index in [1.165, 1.54) is 31.3 Å². The van der Waals surface area contributed by atoms with Gasteiger partial charge in [0.05, 0.1) is 11.0 Å². The average molecular weight is 528 g/mol. The van der Waals surface area contributed by atoms with Crippen LogP contribution in [0.1, 0.15) is 70.2 Å². The number of aromatic nitrogens is 3. The molecule has 1 amide bonds. The van der Waals surface area contributed by atoms with E-state index in [9.17, 15) is 4.79 Å². The third-order valence-corrected chi connectivity index (χ3v) is 8.12. The number of likely N-dealkylation sites (tertiary alicyclic amines) is 1. The minimum absolute atomic E-state index is 0.136. The monoisotopic (exact) mass is 527 g/mol. The Morgan fingerprint density at radius 2 is 1.69 bits per heavy atom. The molecule has 3 heterocycles. The molecule has 1 fully saturated rings. The number of aryl methyl sites for hydroxylation is 1. The minimum Gasteiger partial charge on any atom is -0.360 e. The molecule has 2 aromatic heterocycles. The summed E-state index contributed by atoms with van der Waals surface area (Å²) in [6.07, 6.45) is 7.80. The van der Waals surface area contributed by atoms with Crippen LogP contribution in [0.4, 0.5) is 0 Å². The largest absolute Gasteiger partial charge is 0.360 e. The quantitative estimate of drug-likeness (QED) is 0.212. The number of rotatable bonds is 12. The molecule has 0 unspecified atom stereocenters. The molecule has 0 aliphatic carbocycles. The van der Waals surface area contributed by atoms with E-state index in [1.54, 1.807) is 0 Å². The van der Waals surface area contributed by atoms with E-state index in [0.29, 0.717) is 11.8 Å². The second-order valence-electron chi connectivity index (χ2n) is 12.1. The number of fused-ring (bicyclic) bond motifs is 2. The SMILES string of the molecule is CC(C)CCN(CCC(C)C)C(=O)c1ccc2nc(-c3c[nH]c4ccccc34)n(CCCN3CCCC3)c2c1. The Morgan fingerprint density at radius 3 is 2.41 bits per heavy atom. The van der Waals surface area contributed by atoms with Crippen molar-refractivity contribution < 1.29 is 4.79 Å². The summed E-state index contributed by atoms with van der Waals surface area (Å²) < 4.78 is 2.35. The molecule has 5 rings (SSSR count). The maximum atomic E-state index is 13.8. The number of nitrogens with one attached hydrogen (secondary N) is 1. The molecule has 0 radical (unpaired) electrons. The molecule has 0 spiro atoms. The van der Waals surface area contributed by atoms with E-state index in [0.717, 1.165) is 78.9 Å². The van der Waals surface area contributed by atoms with Gasteiger partial charge in [0.2, 0.25) is 0 Å². The van der Waals surface area contributed by atoms with Crippen molar-refractivity contribution in [2.45, 2.75) is 66.3 Å². The molecule has 0 atom stereocenters. The Labute approximate surface area is 233 Å². The Kier molecular flexibility index (Phi) is 8.71. The molecular weight excluding hydrogens is 482 g/mol. The molecule has 1 N–H and O–H groups in total. The molecule has 0 saturated carbocycles. The number of nitrogens with zero attached hydrogens (tertiary/aromatic N) is 4. The number of amides is 1. The van der Waals surface area contributed by atoms with Gasteiger partial charge in [0.25, 0.3) is 5.91 Å². The van der Waals surface area contributed by atoms with Gasteiger partial charge < -0.3 is 19.4 Å². The lowest BCUT2D eigenvalue weighted by Gasteiger charge is -2.25. The van der Waals surface area contributed by atoms with Crippen LogP contribution in [-0.2, 0) is 6.54 Å². The molecule has 1 aliphatic heterocycles. The zero-order chi connectivity index (χ0) is 27.4. The van der Waals surface area contributed by atoms with Crippen molar-refractivity contribution in [1.29, 1.82) is 0 Å². The number of hydrogen-bond acceptors (Lipinski definition) is 3. The van der Waals surface area contributed by atoms with Gasteiger partial charge in [-0.1, -0.05) is 45.9 Å². The van der Waals surface area contributed by atoms with Gasteiger partial charge in [0.15, 0.2) is 0 Å². The molecule has 2 aromatic carbocycles. The molecule has 1 saturated heterocycles. The number of imidazole rings is 1. The van der Waals surface area contributed by atoms with E-state index < -0.39 is 0 Å². The first-order valence-corrected chi connectivity index (χ1v) is 15.0. The highest BCUT2D eigenvalue weighted by molar-refractivity contribution is 5.99. The first kappa shape index (κ1) is 27.4. The van der Waals surface area contributed by atoms with Crippen LogP contribution >= 0.6 is 0 Å². The summed E-state index contributed by atoms with van der Waals surface area (Å²) >= 11 is 0. The van der Waals surface area contributed by atoms with Gasteiger partial charge in [0, 0.05) is 47.9 Å². The Morgan fingerprint density at radius 1 is 0.974 bits per heavy atom. The van der Waals surface area contributed by atoms with Gasteiger partial charge in [-0.2, -0.15) is 0 Å². The summed E-state index contributed by atoms with van der Waals surface area (Å²) in [6, 6.07) is 14.5. The highest BCUT2D eigenvalue weighted by Gasteiger charge is 2.21. The van der Waals surface area contributed by atoms with E-state index in [1.807, 2.05) is 12.1 Å². The van der Waals surface area contributed by atoms with Gasteiger partial charge >= 0.3 is 0 Å². The minimum atomic E-state index is 0.136. The number of hydrogen-bond donors (Lipinski definition) is 1. The third-order valence-electron chi connectivity index (χ3n) is 8.12. The first-order chi connectivity index (χ1) is 18.9. The van der Waals surface area contributed by atoms with Gasteiger partial charge in [-0.15, -0.1) is 0 Å². The highest BCUT2D eigenvalue weighted by atomic mass is 16.2. The maximum absolute atomic E-state index is 13.8. The maximum Gasteiger partial charge on any atom is 0.253 e. The predicted molar refractivity (Wildman–Crippen MR) is 162 cm³/mol. The van der Waals surface area contributed by atoms with E-state index in [-0.39, 0.29) is 5.91 Å². The topological polar surface area (TPSA) is 57.2 Å². The molecule has 208 valence electrons. The van der Waals surface area contributed by atoms with Crippen molar-refractivity contribution >= 4 is 27.8 Å². The van der Waals surface area contributed by atoms with Crippen molar-refractivity contribution in [3.8, 4) is 11.4 Å². The van der Waals surface area contributed by atoms with Crippen LogP contribution in [-0.4, -0.2) is 63.0 Å². The van der Waals surface area contributed by atoms with Crippen LogP contribution < -0.4 is 0 Å². The van der Waals surface area contributed by atoms with Crippen LogP contribution in [0.3, 0.4) is 0 Å². The van der Waals surface area contributed by atoms with Gasteiger partial charge in [-0.3, -0.25) is 4.79 Å². The highest BCUT2D eigenvalue weighted by Crippen LogP contribution is 2.32. The Hall–Kier alpha value is -3.12. The molecule has 6 heteroatoms. The van der Waals surface area contributed by atoms with Crippen LogP contribution in [0.25, 0.3) is 33.3 Å². The van der Waals surface area contributed by atoms with Gasteiger partial charge in [0.1, 0.15) is 5.82 Å². The van der Waals surface area contributed by atoms with Crippen LogP contribution in [0.15, 0.2) is 48.7 Å². The van der Waals surface area contributed by atoms with Crippen LogP contribution in [0, 0.1) is 11.8 Å². The molecule has 4 aromatic rings. The molecule has 39 heavy (non-hydrogen) atoms. The Balaban J connectivity index is 1.50. The molecule has 1 aliphatic rings. The van der Waals surface area contributed by atoms with Crippen LogP contribution in [0.2, 0.25) is 0 Å². The fraction of sp³-hybridized carbons (Fsp3) is 0.515. The molecule has 6 nitrogen and oxygen atoms in total. The fourth-order valence-electron chi connectivity index (χ4n) is 5.73. The van der Waals surface area contributed by atoms with Crippen molar-refractivity contribution in [2.24, 2.45) is 11.8 Å². The van der Waals surface area contributed by atoms with Crippen LogP contribution in [0.5, 0.6) is 0 Å². The number of carbonyl (C=O) groups is 1. The van der Waals surface area contributed by atoms with E-state index in [4.69, 9.17) is 4.98 Å². The van der Waals surface area contributed by atoms with Crippen molar-refractivity contribution in [2.75, 3.05) is 32.7 Å². The van der Waals surface area contributed by atoms with E-state index in [2.05, 4.69) is 83.6 Å². The zero-order valence-corrected chi connectivity index (χ0v) is 24.2. The number of benzene rings is 2. The molecule has 0 bridgehead atoms. The van der Waals surface area contributed by atoms with Crippen molar-refractivity contribution in [3.63, 3.8) is 0 Å². The second kappa shape index (κ2) is 12.4. The summed E-state index contributed by atoms with van der Waals surface area (Å²) in [5.74, 6) is 2.25. The van der Waals surface area contributed by atoms with Crippen molar-refractivity contribution in [1.82, 2.24) is 24.3 Å². The van der Waals surface area contributed by atoms with E-state index >= 15 is 0 Å². The lowest BCUT2D eigenvalue weighted by molar-refractivity contribution is 0.0741.